The maximum absolute atomic E-state index is 11.3. The number of carbonyl (C=O) groups excluding carboxylic acids is 2. The van der Waals surface area contributed by atoms with E-state index in [-0.39, 0.29) is 0 Å². The summed E-state index contributed by atoms with van der Waals surface area (Å²) in [7, 11) is 0. The molecule has 0 spiro atoms. The first-order chi connectivity index (χ1) is 8.76. The van der Waals surface area contributed by atoms with E-state index in [0.717, 1.165) is 32.4 Å². The van der Waals surface area contributed by atoms with E-state index < -0.39 is 11.7 Å². The molecule has 2 amide bonds. The first kappa shape index (κ1) is 17.7. The molecule has 0 aliphatic carbocycles. The average Bonchev–Trinajstić information content (AvgIpc) is 2.76. The fraction of sp³-hybridized carbons (Fsp3) is 0.857. The summed E-state index contributed by atoms with van der Waals surface area (Å²) >= 11 is 0. The van der Waals surface area contributed by atoms with Gasteiger partial charge in [0.05, 0.1) is 0 Å². The molecule has 0 aromatic heterocycles. The number of hydrogen-bond acceptors (Lipinski definition) is 3. The van der Waals surface area contributed by atoms with Crippen LogP contribution in [-0.4, -0.2) is 35.6 Å². The lowest BCUT2D eigenvalue weighted by Gasteiger charge is -2.16. The van der Waals surface area contributed by atoms with Gasteiger partial charge in [0.2, 0.25) is 5.91 Å². The second-order valence-corrected chi connectivity index (χ2v) is 5.72. The summed E-state index contributed by atoms with van der Waals surface area (Å²) in [5.74, 6) is 0.365. The number of primary amides is 1. The number of nitrogens with zero attached hydrogens (tertiary/aromatic N) is 1. The van der Waals surface area contributed by atoms with E-state index in [2.05, 4.69) is 11.7 Å². The quantitative estimate of drug-likeness (QED) is 0.858. The van der Waals surface area contributed by atoms with Gasteiger partial charge < -0.3 is 15.4 Å². The highest BCUT2D eigenvalue weighted by atomic mass is 16.6. The van der Waals surface area contributed by atoms with E-state index in [1.807, 2.05) is 4.90 Å². The zero-order chi connectivity index (χ0) is 14.9. The molecule has 0 atom stereocenters. The van der Waals surface area contributed by atoms with Crippen LogP contribution < -0.4 is 5.73 Å². The van der Waals surface area contributed by atoms with Crippen molar-refractivity contribution in [2.24, 2.45) is 5.73 Å². The van der Waals surface area contributed by atoms with Crippen LogP contribution in [0.15, 0.2) is 0 Å². The molecular weight excluding hydrogens is 244 g/mol. The van der Waals surface area contributed by atoms with Crippen molar-refractivity contribution >= 4 is 12.0 Å². The fourth-order valence-electron chi connectivity index (χ4n) is 1.75. The van der Waals surface area contributed by atoms with E-state index in [1.54, 1.807) is 20.8 Å². The summed E-state index contributed by atoms with van der Waals surface area (Å²) in [5, 5.41) is 0. The zero-order valence-corrected chi connectivity index (χ0v) is 12.7. The van der Waals surface area contributed by atoms with Crippen LogP contribution in [0.1, 0.15) is 59.8 Å². The van der Waals surface area contributed by atoms with Gasteiger partial charge >= 0.3 is 6.09 Å². The van der Waals surface area contributed by atoms with Crippen LogP contribution in [0, 0.1) is 0 Å². The molecule has 5 nitrogen and oxygen atoms in total. The lowest BCUT2D eigenvalue weighted by Crippen LogP contribution is -2.27. The molecule has 1 rings (SSSR count). The molecule has 0 bridgehead atoms. The van der Waals surface area contributed by atoms with Crippen LogP contribution >= 0.6 is 0 Å². The summed E-state index contributed by atoms with van der Waals surface area (Å²) in [6.45, 7) is 9.41. The summed E-state index contributed by atoms with van der Waals surface area (Å²) in [6, 6.07) is 0. The third-order valence-corrected chi connectivity index (χ3v) is 2.61. The Bertz CT molecular complexity index is 279. The highest BCUT2D eigenvalue weighted by Gasteiger charge is 2.16. The first-order valence-corrected chi connectivity index (χ1v) is 7.02. The number of unbranched alkanes of at least 4 members (excludes halogenated alkanes) is 1. The molecule has 1 aliphatic heterocycles. The maximum Gasteiger partial charge on any atom is 0.405 e. The van der Waals surface area contributed by atoms with Crippen LogP contribution in [0.3, 0.4) is 0 Å². The van der Waals surface area contributed by atoms with Gasteiger partial charge in [-0.3, -0.25) is 4.79 Å². The molecule has 2 N–H and O–H groups in total. The Morgan fingerprint density at radius 3 is 2.05 bits per heavy atom. The topological polar surface area (TPSA) is 72.6 Å². The van der Waals surface area contributed by atoms with Gasteiger partial charge in [-0.15, -0.1) is 0 Å². The normalized spacial score (nSPS) is 14.6. The van der Waals surface area contributed by atoms with E-state index in [1.165, 1.54) is 12.8 Å². The molecular formula is C14H28N2O3. The molecule has 1 aliphatic rings. The molecule has 0 unspecified atom stereocenters. The van der Waals surface area contributed by atoms with Crippen molar-refractivity contribution in [2.75, 3.05) is 13.1 Å². The lowest BCUT2D eigenvalue weighted by atomic mass is 10.2. The van der Waals surface area contributed by atoms with Gasteiger partial charge in [-0.25, -0.2) is 4.79 Å². The first-order valence-electron chi connectivity index (χ1n) is 7.02. The predicted molar refractivity (Wildman–Crippen MR) is 75.8 cm³/mol. The van der Waals surface area contributed by atoms with Crippen molar-refractivity contribution < 1.29 is 14.3 Å². The number of ether oxygens (including phenoxy) is 1. The number of likely N-dealkylation sites (tertiary alicyclic amines) is 1. The number of nitrogens with two attached hydrogens (primary N) is 1. The van der Waals surface area contributed by atoms with Crippen LogP contribution in [-0.2, 0) is 9.53 Å². The number of rotatable bonds is 3. The Morgan fingerprint density at radius 2 is 1.74 bits per heavy atom. The lowest BCUT2D eigenvalue weighted by molar-refractivity contribution is -0.130. The molecule has 0 aromatic carbocycles. The van der Waals surface area contributed by atoms with Gasteiger partial charge in [-0.2, -0.15) is 0 Å². The minimum absolute atomic E-state index is 0.365. The van der Waals surface area contributed by atoms with E-state index >= 15 is 0 Å². The Hall–Kier alpha value is -1.26. The molecule has 1 fully saturated rings. The fourth-order valence-corrected chi connectivity index (χ4v) is 1.75. The molecule has 112 valence electrons. The average molecular weight is 272 g/mol. The van der Waals surface area contributed by atoms with E-state index in [4.69, 9.17) is 5.73 Å². The molecule has 0 radical (unpaired) electrons. The van der Waals surface area contributed by atoms with Crippen molar-refractivity contribution in [3.63, 3.8) is 0 Å². The number of carbonyl (C=O) groups is 2. The monoisotopic (exact) mass is 272 g/mol. The molecule has 0 saturated carbocycles. The number of hydrogen-bond donors (Lipinski definition) is 1. The minimum atomic E-state index is -0.725. The molecule has 1 heterocycles. The smallest absolute Gasteiger partial charge is 0.405 e. The highest BCUT2D eigenvalue weighted by Crippen LogP contribution is 2.10. The molecule has 19 heavy (non-hydrogen) atoms. The summed E-state index contributed by atoms with van der Waals surface area (Å²) in [4.78, 5) is 23.3. The van der Waals surface area contributed by atoms with Gasteiger partial charge in [0.1, 0.15) is 5.60 Å². The minimum Gasteiger partial charge on any atom is -0.444 e. The molecule has 0 aromatic rings. The Balaban J connectivity index is 0.000000362. The predicted octanol–water partition coefficient (Wildman–Crippen LogP) is 2.68. The van der Waals surface area contributed by atoms with Crippen LogP contribution in [0.25, 0.3) is 0 Å². The Kier molecular flexibility index (Phi) is 8.19. The third-order valence-electron chi connectivity index (χ3n) is 2.61. The second kappa shape index (κ2) is 8.77. The van der Waals surface area contributed by atoms with Crippen molar-refractivity contribution in [3.8, 4) is 0 Å². The molecule has 5 heteroatoms. The van der Waals surface area contributed by atoms with Crippen molar-refractivity contribution in [1.82, 2.24) is 4.90 Å². The van der Waals surface area contributed by atoms with Crippen molar-refractivity contribution in [2.45, 2.75) is 65.4 Å². The summed E-state index contributed by atoms with van der Waals surface area (Å²) in [6.07, 6.45) is 4.62. The highest BCUT2D eigenvalue weighted by molar-refractivity contribution is 5.76. The Labute approximate surface area is 116 Å². The third kappa shape index (κ3) is 10.4. The van der Waals surface area contributed by atoms with Gasteiger partial charge in [0.15, 0.2) is 0 Å². The van der Waals surface area contributed by atoms with Crippen LogP contribution in [0.4, 0.5) is 4.79 Å². The van der Waals surface area contributed by atoms with Crippen LogP contribution in [0.5, 0.6) is 0 Å². The van der Waals surface area contributed by atoms with E-state index in [9.17, 15) is 9.59 Å². The SMILES string of the molecule is CC(C)(C)OC(N)=O.CCCCC(=O)N1CCCC1. The summed E-state index contributed by atoms with van der Waals surface area (Å²) in [5.41, 5.74) is 4.26. The van der Waals surface area contributed by atoms with Gasteiger partial charge in [-0.1, -0.05) is 13.3 Å². The van der Waals surface area contributed by atoms with E-state index in [0.29, 0.717) is 5.91 Å². The molecule has 1 saturated heterocycles. The Morgan fingerprint density at radius 1 is 1.21 bits per heavy atom. The number of amides is 2. The maximum atomic E-state index is 11.3. The van der Waals surface area contributed by atoms with Gasteiger partial charge in [0, 0.05) is 19.5 Å². The largest absolute Gasteiger partial charge is 0.444 e. The van der Waals surface area contributed by atoms with Gasteiger partial charge in [0.25, 0.3) is 0 Å². The zero-order valence-electron chi connectivity index (χ0n) is 12.7. The van der Waals surface area contributed by atoms with Crippen molar-refractivity contribution in [3.05, 3.63) is 0 Å². The second-order valence-electron chi connectivity index (χ2n) is 5.72. The van der Waals surface area contributed by atoms with Crippen molar-refractivity contribution in [1.29, 1.82) is 0 Å². The van der Waals surface area contributed by atoms with Crippen LogP contribution in [0.2, 0.25) is 0 Å². The van der Waals surface area contributed by atoms with Gasteiger partial charge in [-0.05, 0) is 40.0 Å². The standard InChI is InChI=1S/C9H17NO.C5H11NO2/c1-2-3-6-9(11)10-7-4-5-8-10;1-5(2,3)8-4(6)7/h2-8H2,1H3;1-3H3,(H2,6,7). The summed E-state index contributed by atoms with van der Waals surface area (Å²) < 4.78 is 4.58.